The summed E-state index contributed by atoms with van der Waals surface area (Å²) in [5.41, 5.74) is 8.40. The van der Waals surface area contributed by atoms with Gasteiger partial charge in [0, 0.05) is 24.7 Å². The number of anilines is 1. The lowest BCUT2D eigenvalue weighted by Gasteiger charge is -2.30. The van der Waals surface area contributed by atoms with Crippen LogP contribution in [0.15, 0.2) is 41.5 Å². The molecule has 1 amide bonds. The Kier molecular flexibility index (Phi) is 6.04. The topological polar surface area (TPSA) is 89.6 Å². The second-order valence-electron chi connectivity index (χ2n) is 6.49. The van der Waals surface area contributed by atoms with E-state index in [1.807, 2.05) is 18.2 Å². The van der Waals surface area contributed by atoms with Crippen molar-refractivity contribution in [1.82, 2.24) is 4.98 Å². The molecule has 6 nitrogen and oxygen atoms in total. The summed E-state index contributed by atoms with van der Waals surface area (Å²) < 4.78 is 5.28. The largest absolute Gasteiger partial charge is 0.380 e. The molecule has 1 aromatic carbocycles. The summed E-state index contributed by atoms with van der Waals surface area (Å²) in [6, 6.07) is 9.08. The second-order valence-corrected chi connectivity index (χ2v) is 8.04. The van der Waals surface area contributed by atoms with Gasteiger partial charge in [-0.2, -0.15) is 0 Å². The fourth-order valence-electron chi connectivity index (χ4n) is 2.92. The molecule has 27 heavy (non-hydrogen) atoms. The highest BCUT2D eigenvalue weighted by atomic mass is 35.5. The number of nitrogens with zero attached hydrogens (tertiary/aromatic N) is 2. The third-order valence-electron chi connectivity index (χ3n) is 4.34. The molecule has 0 aliphatic carbocycles. The predicted molar refractivity (Wildman–Crippen MR) is 110 cm³/mol. The highest BCUT2D eigenvalue weighted by molar-refractivity contribution is 8.13. The number of thioether (sulfide) groups is 1. The number of rotatable bonds is 5. The van der Waals surface area contributed by atoms with E-state index < -0.39 is 5.54 Å². The van der Waals surface area contributed by atoms with E-state index in [2.05, 4.69) is 22.2 Å². The molecule has 0 bridgehead atoms. The van der Waals surface area contributed by atoms with Crippen molar-refractivity contribution in [2.75, 3.05) is 18.2 Å². The van der Waals surface area contributed by atoms with Gasteiger partial charge in [-0.15, -0.1) is 0 Å². The Morgan fingerprint density at radius 1 is 1.41 bits per heavy atom. The van der Waals surface area contributed by atoms with Crippen molar-refractivity contribution >= 4 is 40.1 Å². The molecule has 2 heterocycles. The van der Waals surface area contributed by atoms with E-state index in [-0.39, 0.29) is 5.91 Å². The number of amidine groups is 1. The van der Waals surface area contributed by atoms with Crippen molar-refractivity contribution in [2.24, 2.45) is 10.7 Å². The molecule has 0 saturated heterocycles. The fraction of sp³-hybridized carbons (Fsp3) is 0.316. The van der Waals surface area contributed by atoms with Gasteiger partial charge in [0.25, 0.3) is 5.91 Å². The Hall–Kier alpha value is -2.09. The van der Waals surface area contributed by atoms with E-state index in [9.17, 15) is 4.79 Å². The number of pyridine rings is 1. The van der Waals surface area contributed by atoms with Gasteiger partial charge in [0.1, 0.15) is 5.69 Å². The monoisotopic (exact) mass is 404 g/mol. The molecule has 1 atom stereocenters. The molecule has 1 unspecified atom stereocenters. The van der Waals surface area contributed by atoms with Crippen LogP contribution in [-0.2, 0) is 16.9 Å². The van der Waals surface area contributed by atoms with Crippen LogP contribution in [0.2, 0.25) is 5.02 Å². The summed E-state index contributed by atoms with van der Waals surface area (Å²) in [7, 11) is 1.64. The predicted octanol–water partition coefficient (Wildman–Crippen LogP) is 3.80. The standard InChI is InChI=1S/C19H21ClN4O2S/c1-19(5-6-27-18(21)24-19)13-7-12(11-26-2)8-15(9-13)23-17(25)16-4-3-14(20)10-22-16/h3-4,7-10H,5-6,11H2,1-2H3,(H2,21,24)(H,23,25). The minimum absolute atomic E-state index is 0.292. The fourth-order valence-corrected chi connectivity index (χ4v) is 4.01. The zero-order valence-corrected chi connectivity index (χ0v) is 16.7. The smallest absolute Gasteiger partial charge is 0.274 e. The van der Waals surface area contributed by atoms with Crippen LogP contribution in [0.5, 0.6) is 0 Å². The number of halogens is 1. The van der Waals surface area contributed by atoms with Crippen molar-refractivity contribution in [3.63, 3.8) is 0 Å². The van der Waals surface area contributed by atoms with Crippen molar-refractivity contribution in [3.05, 3.63) is 58.4 Å². The Labute approximate surface area is 167 Å². The van der Waals surface area contributed by atoms with E-state index in [1.54, 1.807) is 31.0 Å². The van der Waals surface area contributed by atoms with Crippen LogP contribution in [0.3, 0.4) is 0 Å². The Morgan fingerprint density at radius 3 is 2.89 bits per heavy atom. The van der Waals surface area contributed by atoms with E-state index in [1.165, 1.54) is 6.20 Å². The average Bonchev–Trinajstić information content (AvgIpc) is 2.62. The first kappa shape index (κ1) is 19.7. The van der Waals surface area contributed by atoms with E-state index in [0.29, 0.717) is 28.2 Å². The molecular weight excluding hydrogens is 384 g/mol. The van der Waals surface area contributed by atoms with Crippen molar-refractivity contribution in [3.8, 4) is 0 Å². The van der Waals surface area contributed by atoms with Crippen LogP contribution in [0.25, 0.3) is 0 Å². The summed E-state index contributed by atoms with van der Waals surface area (Å²) >= 11 is 7.39. The number of nitrogens with two attached hydrogens (primary N) is 1. The molecule has 8 heteroatoms. The molecule has 0 spiro atoms. The molecule has 0 fully saturated rings. The number of amides is 1. The van der Waals surface area contributed by atoms with Gasteiger partial charge in [-0.05, 0) is 48.7 Å². The second kappa shape index (κ2) is 8.29. The lowest BCUT2D eigenvalue weighted by molar-refractivity contribution is 0.102. The molecule has 0 saturated carbocycles. The zero-order valence-electron chi connectivity index (χ0n) is 15.2. The number of carbonyl (C=O) groups is 1. The van der Waals surface area contributed by atoms with Gasteiger partial charge >= 0.3 is 0 Å². The molecule has 142 valence electrons. The number of hydrogen-bond acceptors (Lipinski definition) is 6. The number of benzene rings is 1. The molecule has 2 aromatic rings. The number of aromatic nitrogens is 1. The summed E-state index contributed by atoms with van der Waals surface area (Å²) in [6.07, 6.45) is 2.31. The summed E-state index contributed by atoms with van der Waals surface area (Å²) in [5, 5.41) is 3.96. The van der Waals surface area contributed by atoms with Crippen LogP contribution >= 0.6 is 23.4 Å². The van der Waals surface area contributed by atoms with Gasteiger partial charge in [-0.3, -0.25) is 9.79 Å². The van der Waals surface area contributed by atoms with Crippen molar-refractivity contribution in [1.29, 1.82) is 0 Å². The molecule has 0 radical (unpaired) electrons. The van der Waals surface area contributed by atoms with Gasteiger partial charge in [-0.1, -0.05) is 29.4 Å². The maximum absolute atomic E-state index is 12.5. The maximum Gasteiger partial charge on any atom is 0.274 e. The van der Waals surface area contributed by atoms with Gasteiger partial charge in [0.15, 0.2) is 5.17 Å². The highest BCUT2D eigenvalue weighted by Crippen LogP contribution is 2.36. The number of aliphatic imine (C=N–C) groups is 1. The Bertz CT molecular complexity index is 873. The first-order valence-corrected chi connectivity index (χ1v) is 9.80. The van der Waals surface area contributed by atoms with E-state index >= 15 is 0 Å². The SMILES string of the molecule is COCc1cc(NC(=O)c2ccc(Cl)cn2)cc(C2(C)CCSC(N)=N2)c1. The average molecular weight is 405 g/mol. The molecule has 1 aliphatic heterocycles. The number of ether oxygens (including phenoxy) is 1. The molecule has 3 rings (SSSR count). The van der Waals surface area contributed by atoms with E-state index in [0.717, 1.165) is 23.3 Å². The van der Waals surface area contributed by atoms with Crippen LogP contribution < -0.4 is 11.1 Å². The first-order chi connectivity index (χ1) is 12.9. The number of carbonyl (C=O) groups excluding carboxylic acids is 1. The summed E-state index contributed by atoms with van der Waals surface area (Å²) in [6.45, 7) is 2.48. The maximum atomic E-state index is 12.5. The van der Waals surface area contributed by atoms with Crippen LogP contribution in [0.4, 0.5) is 5.69 Å². The Morgan fingerprint density at radius 2 is 2.22 bits per heavy atom. The van der Waals surface area contributed by atoms with E-state index in [4.69, 9.17) is 22.1 Å². The third-order valence-corrected chi connectivity index (χ3v) is 5.36. The summed E-state index contributed by atoms with van der Waals surface area (Å²) in [5.74, 6) is 0.594. The van der Waals surface area contributed by atoms with Crippen LogP contribution in [0, 0.1) is 0 Å². The van der Waals surface area contributed by atoms with Crippen LogP contribution in [0.1, 0.15) is 35.0 Å². The lowest BCUT2D eigenvalue weighted by atomic mass is 9.88. The van der Waals surface area contributed by atoms with Gasteiger partial charge < -0.3 is 15.8 Å². The molecule has 3 N–H and O–H groups in total. The van der Waals surface area contributed by atoms with Crippen molar-refractivity contribution < 1.29 is 9.53 Å². The quantitative estimate of drug-likeness (QED) is 0.791. The van der Waals surface area contributed by atoms with Gasteiger partial charge in [-0.25, -0.2) is 4.98 Å². The number of hydrogen-bond donors (Lipinski definition) is 2. The van der Waals surface area contributed by atoms with Gasteiger partial charge in [0.05, 0.1) is 17.2 Å². The van der Waals surface area contributed by atoms with Crippen LogP contribution in [-0.4, -0.2) is 28.9 Å². The van der Waals surface area contributed by atoms with Gasteiger partial charge in [0.2, 0.25) is 0 Å². The zero-order chi connectivity index (χ0) is 19.4. The van der Waals surface area contributed by atoms with Crippen molar-refractivity contribution in [2.45, 2.75) is 25.5 Å². The summed E-state index contributed by atoms with van der Waals surface area (Å²) in [4.78, 5) is 21.2. The Balaban J connectivity index is 1.93. The third kappa shape index (κ3) is 4.80. The minimum atomic E-state index is -0.433. The first-order valence-electron chi connectivity index (χ1n) is 8.44. The normalized spacial score (nSPS) is 19.4. The molecule has 1 aromatic heterocycles. The highest BCUT2D eigenvalue weighted by Gasteiger charge is 2.30. The minimum Gasteiger partial charge on any atom is -0.380 e. The molecule has 1 aliphatic rings. The lowest BCUT2D eigenvalue weighted by Crippen LogP contribution is -2.29. The number of nitrogens with one attached hydrogen (secondary N) is 1. The molecular formula is C19H21ClN4O2S. The number of methoxy groups -OCH3 is 1.